The molecule has 7 aromatic carbocycles. The number of fused-ring (bicyclic) bond motifs is 13. The molecule has 2 heteroatoms. The molecule has 0 N–H and O–H groups in total. The highest BCUT2D eigenvalue weighted by atomic mass is 32.1. The van der Waals surface area contributed by atoms with Crippen LogP contribution in [0.25, 0.3) is 91.1 Å². The lowest BCUT2D eigenvalue weighted by molar-refractivity contribution is 0.560. The summed E-state index contributed by atoms with van der Waals surface area (Å²) in [5.41, 5.74) is 11.9. The highest BCUT2D eigenvalue weighted by molar-refractivity contribution is 7.26. The van der Waals surface area contributed by atoms with E-state index in [9.17, 15) is 0 Å². The van der Waals surface area contributed by atoms with E-state index in [1.54, 1.807) is 5.57 Å². The quantitative estimate of drug-likeness (QED) is 0.167. The summed E-state index contributed by atoms with van der Waals surface area (Å²) in [5, 5.41) is 12.8. The van der Waals surface area contributed by atoms with E-state index in [1.165, 1.54) is 116 Å². The molecule has 1 unspecified atom stereocenters. The van der Waals surface area contributed by atoms with Crippen molar-refractivity contribution in [1.29, 1.82) is 0 Å². The third-order valence-electron chi connectivity index (χ3n) is 12.4. The first-order chi connectivity index (χ1) is 26.8. The average Bonchev–Trinajstić information content (AvgIpc) is 3.82. The predicted octanol–water partition coefficient (Wildman–Crippen LogP) is 15.4. The van der Waals surface area contributed by atoms with Crippen molar-refractivity contribution in [3.05, 3.63) is 174 Å². The number of furan rings is 1. The number of hydrogen-bond donors (Lipinski definition) is 0. The van der Waals surface area contributed by atoms with Crippen LogP contribution in [-0.4, -0.2) is 0 Å². The molecule has 0 radical (unpaired) electrons. The van der Waals surface area contributed by atoms with Crippen LogP contribution in [-0.2, 0) is 0 Å². The molecule has 0 bridgehead atoms. The third kappa shape index (κ3) is 4.44. The van der Waals surface area contributed by atoms with E-state index in [0.29, 0.717) is 5.92 Å². The monoisotopic (exact) mass is 708 g/mol. The van der Waals surface area contributed by atoms with E-state index in [1.807, 2.05) is 11.3 Å². The van der Waals surface area contributed by atoms with E-state index in [4.69, 9.17) is 4.42 Å². The molecule has 3 aliphatic carbocycles. The molecule has 2 aromatic heterocycles. The van der Waals surface area contributed by atoms with Gasteiger partial charge in [0, 0.05) is 26.2 Å². The van der Waals surface area contributed by atoms with Crippen molar-refractivity contribution in [2.45, 2.75) is 32.1 Å². The first kappa shape index (κ1) is 30.5. The smallest absolute Gasteiger partial charge is 0.153 e. The van der Waals surface area contributed by atoms with Gasteiger partial charge >= 0.3 is 0 Å². The van der Waals surface area contributed by atoms with Crippen LogP contribution in [0.5, 0.6) is 0 Å². The van der Waals surface area contributed by atoms with Crippen molar-refractivity contribution in [2.24, 2.45) is 5.92 Å². The first-order valence-corrected chi connectivity index (χ1v) is 20.2. The molecular formula is C52H36OS. The Labute approximate surface area is 317 Å². The minimum atomic E-state index is 0.560. The molecule has 0 fully saturated rings. The maximum Gasteiger partial charge on any atom is 0.153 e. The van der Waals surface area contributed by atoms with E-state index in [0.717, 1.165) is 24.0 Å². The summed E-state index contributed by atoms with van der Waals surface area (Å²) in [5.74, 6) is 0.560. The maximum atomic E-state index is 6.84. The van der Waals surface area contributed by atoms with Crippen LogP contribution in [0.3, 0.4) is 0 Å². The van der Waals surface area contributed by atoms with Crippen LogP contribution < -0.4 is 0 Å². The minimum absolute atomic E-state index is 0.560. The summed E-state index contributed by atoms with van der Waals surface area (Å²) >= 11 is 1.84. The number of allylic oxidation sites excluding steroid dienone is 10. The Morgan fingerprint density at radius 3 is 1.98 bits per heavy atom. The molecule has 0 spiro atoms. The van der Waals surface area contributed by atoms with E-state index in [2.05, 4.69) is 152 Å². The second kappa shape index (κ2) is 11.8. The molecule has 3 aliphatic rings. The second-order valence-corrected chi connectivity index (χ2v) is 16.4. The lowest BCUT2D eigenvalue weighted by Gasteiger charge is -2.30. The summed E-state index contributed by atoms with van der Waals surface area (Å²) in [6, 6.07) is 42.7. The molecule has 256 valence electrons. The fourth-order valence-corrected chi connectivity index (χ4v) is 11.2. The predicted molar refractivity (Wildman–Crippen MR) is 233 cm³/mol. The van der Waals surface area contributed by atoms with Crippen LogP contribution in [0.1, 0.15) is 37.7 Å². The van der Waals surface area contributed by atoms with Gasteiger partial charge < -0.3 is 4.42 Å². The zero-order valence-electron chi connectivity index (χ0n) is 29.9. The van der Waals surface area contributed by atoms with Gasteiger partial charge in [-0.05, 0) is 128 Å². The lowest BCUT2D eigenvalue weighted by atomic mass is 9.74. The van der Waals surface area contributed by atoms with Gasteiger partial charge in [-0.2, -0.15) is 0 Å². The van der Waals surface area contributed by atoms with Crippen LogP contribution in [0.4, 0.5) is 0 Å². The number of benzene rings is 7. The van der Waals surface area contributed by atoms with Crippen LogP contribution in [0, 0.1) is 5.92 Å². The van der Waals surface area contributed by atoms with Crippen LogP contribution in [0.2, 0.25) is 0 Å². The number of rotatable bonds is 3. The zero-order valence-corrected chi connectivity index (χ0v) is 30.7. The number of hydrogen-bond acceptors (Lipinski definition) is 2. The Kier molecular flexibility index (Phi) is 6.65. The van der Waals surface area contributed by atoms with E-state index in [-0.39, 0.29) is 0 Å². The van der Waals surface area contributed by atoms with Crippen molar-refractivity contribution < 1.29 is 4.42 Å². The Bertz CT molecular complexity index is 3190. The van der Waals surface area contributed by atoms with Gasteiger partial charge in [0.1, 0.15) is 5.58 Å². The zero-order chi connectivity index (χ0) is 35.3. The Balaban J connectivity index is 1.07. The normalized spacial score (nSPS) is 17.4. The lowest BCUT2D eigenvalue weighted by Crippen LogP contribution is -2.14. The maximum absolute atomic E-state index is 6.84. The molecular weight excluding hydrogens is 673 g/mol. The van der Waals surface area contributed by atoms with Crippen molar-refractivity contribution in [3.8, 4) is 11.1 Å². The molecule has 12 rings (SSSR count). The van der Waals surface area contributed by atoms with Gasteiger partial charge in [0.15, 0.2) is 5.58 Å². The van der Waals surface area contributed by atoms with Gasteiger partial charge in [0.2, 0.25) is 0 Å². The van der Waals surface area contributed by atoms with Gasteiger partial charge in [0.25, 0.3) is 0 Å². The minimum Gasteiger partial charge on any atom is -0.455 e. The molecule has 1 nitrogen and oxygen atoms in total. The van der Waals surface area contributed by atoms with Gasteiger partial charge in [-0.25, -0.2) is 0 Å². The fraction of sp³-hybridized carbons (Fsp3) is 0.115. The standard InChI is InChI=1S/C52H36OS/c1-2-12-31(13-3-1)32-22-23-34-29-35(25-24-33(34)28-32)47-37-14-4-6-16-39(37)48(40-17-7-5-15-38(40)47)36-26-27-45-44(30-36)49-41-18-8-9-19-42(41)50-43-20-10-11-21-46(43)54-52(50)51(49)53-45/h1-2,4-12,14-21,24-28,30,34H,3,13,22-23,29H2. The summed E-state index contributed by atoms with van der Waals surface area (Å²) in [6.07, 6.45) is 20.0. The molecule has 2 heterocycles. The third-order valence-corrected chi connectivity index (χ3v) is 13.6. The summed E-state index contributed by atoms with van der Waals surface area (Å²) in [4.78, 5) is 0. The van der Waals surface area contributed by atoms with Crippen molar-refractivity contribution in [2.75, 3.05) is 0 Å². The molecule has 0 saturated heterocycles. The largest absolute Gasteiger partial charge is 0.455 e. The Hall–Kier alpha value is -5.96. The van der Waals surface area contributed by atoms with Crippen molar-refractivity contribution in [3.63, 3.8) is 0 Å². The molecule has 9 aromatic rings. The SMILES string of the molecule is C1=CCCC(C2=CC3=CC=C(c4c5ccccc5c(-c5ccc6oc7c8sc9ccccc9c8c8ccccc8c7c6c5)c5ccccc45)CC3CC2)=C1. The first-order valence-electron chi connectivity index (χ1n) is 19.4. The molecule has 54 heavy (non-hydrogen) atoms. The molecule has 1 atom stereocenters. The van der Waals surface area contributed by atoms with Gasteiger partial charge in [-0.15, -0.1) is 11.3 Å². The second-order valence-electron chi connectivity index (χ2n) is 15.3. The van der Waals surface area contributed by atoms with E-state index >= 15 is 0 Å². The highest BCUT2D eigenvalue weighted by Crippen LogP contribution is 2.50. The van der Waals surface area contributed by atoms with E-state index < -0.39 is 0 Å². The molecule has 0 saturated carbocycles. The Morgan fingerprint density at radius 1 is 0.556 bits per heavy atom. The number of thiophene rings is 1. The Morgan fingerprint density at radius 2 is 1.24 bits per heavy atom. The van der Waals surface area contributed by atoms with Crippen molar-refractivity contribution in [1.82, 2.24) is 0 Å². The summed E-state index contributed by atoms with van der Waals surface area (Å²) in [7, 11) is 0. The summed E-state index contributed by atoms with van der Waals surface area (Å²) < 4.78 is 9.36. The van der Waals surface area contributed by atoms with Gasteiger partial charge in [-0.3, -0.25) is 0 Å². The van der Waals surface area contributed by atoms with Crippen LogP contribution in [0.15, 0.2) is 173 Å². The fourth-order valence-electron chi connectivity index (χ4n) is 9.99. The topological polar surface area (TPSA) is 13.1 Å². The average molecular weight is 709 g/mol. The molecule has 0 aliphatic heterocycles. The van der Waals surface area contributed by atoms with Crippen LogP contribution >= 0.6 is 11.3 Å². The van der Waals surface area contributed by atoms with Gasteiger partial charge in [0.05, 0.1) is 4.70 Å². The molecule has 0 amide bonds. The highest BCUT2D eigenvalue weighted by Gasteiger charge is 2.27. The van der Waals surface area contributed by atoms with Crippen molar-refractivity contribution >= 4 is 91.3 Å². The van der Waals surface area contributed by atoms with Gasteiger partial charge in [-0.1, -0.05) is 134 Å². The summed E-state index contributed by atoms with van der Waals surface area (Å²) in [6.45, 7) is 0.